The van der Waals surface area contributed by atoms with E-state index in [1.54, 1.807) is 11.3 Å². The quantitative estimate of drug-likeness (QED) is 0.799. The Morgan fingerprint density at radius 1 is 1.35 bits per heavy atom. The molecule has 0 bridgehead atoms. The minimum absolute atomic E-state index is 0.121. The lowest BCUT2D eigenvalue weighted by Gasteiger charge is -2.34. The van der Waals surface area contributed by atoms with Gasteiger partial charge in [0, 0.05) is 4.88 Å². The van der Waals surface area contributed by atoms with Gasteiger partial charge in [-0.05, 0) is 31.2 Å². The fourth-order valence-corrected chi connectivity index (χ4v) is 3.34. The average molecular weight is 296 g/mol. The second-order valence-corrected chi connectivity index (χ2v) is 6.26. The second-order valence-electron chi connectivity index (χ2n) is 5.28. The summed E-state index contributed by atoms with van der Waals surface area (Å²) in [7, 11) is 0. The van der Waals surface area contributed by atoms with Crippen LogP contribution >= 0.6 is 11.3 Å². The molecule has 1 saturated carbocycles. The van der Waals surface area contributed by atoms with Crippen molar-refractivity contribution in [1.82, 2.24) is 10.6 Å². The fraction of sp³-hybridized carbons (Fsp3) is 0.571. The summed E-state index contributed by atoms with van der Waals surface area (Å²) in [5, 5.41) is 16.9. The van der Waals surface area contributed by atoms with Crippen LogP contribution in [0.3, 0.4) is 0 Å². The van der Waals surface area contributed by atoms with Crippen LogP contribution in [0, 0.1) is 0 Å². The topological polar surface area (TPSA) is 78.4 Å². The molecule has 6 heteroatoms. The van der Waals surface area contributed by atoms with Gasteiger partial charge in [-0.15, -0.1) is 11.3 Å². The monoisotopic (exact) mass is 296 g/mol. The smallest absolute Gasteiger partial charge is 0.329 e. The lowest BCUT2D eigenvalue weighted by molar-refractivity contribution is -0.145. The van der Waals surface area contributed by atoms with Crippen LogP contribution < -0.4 is 10.6 Å². The van der Waals surface area contributed by atoms with Gasteiger partial charge in [0.05, 0.1) is 6.04 Å². The van der Waals surface area contributed by atoms with Crippen molar-refractivity contribution in [3.05, 3.63) is 22.4 Å². The number of carboxylic acids is 1. The highest BCUT2D eigenvalue weighted by molar-refractivity contribution is 7.10. The number of amides is 2. The SMILES string of the molecule is CC(NC(=O)NC1(C(=O)O)CCCCC1)c1cccs1. The molecule has 1 aromatic rings. The van der Waals surface area contributed by atoms with E-state index in [4.69, 9.17) is 0 Å². The van der Waals surface area contributed by atoms with Crippen molar-refractivity contribution in [1.29, 1.82) is 0 Å². The van der Waals surface area contributed by atoms with Gasteiger partial charge in [0.1, 0.15) is 5.54 Å². The van der Waals surface area contributed by atoms with Gasteiger partial charge >= 0.3 is 12.0 Å². The maximum atomic E-state index is 12.0. The van der Waals surface area contributed by atoms with Crippen molar-refractivity contribution in [2.45, 2.75) is 50.6 Å². The molecule has 0 aliphatic heterocycles. The molecular formula is C14H20N2O3S. The molecule has 1 unspecified atom stereocenters. The van der Waals surface area contributed by atoms with Crippen molar-refractivity contribution in [2.24, 2.45) is 0 Å². The summed E-state index contributed by atoms with van der Waals surface area (Å²) in [6, 6.07) is 3.35. The largest absolute Gasteiger partial charge is 0.480 e. The Morgan fingerprint density at radius 2 is 2.05 bits per heavy atom. The molecule has 1 fully saturated rings. The first-order valence-corrected chi connectivity index (χ1v) is 7.77. The van der Waals surface area contributed by atoms with E-state index in [0.29, 0.717) is 12.8 Å². The summed E-state index contributed by atoms with van der Waals surface area (Å²) in [6.07, 6.45) is 3.72. The number of carbonyl (C=O) groups is 2. The number of nitrogens with one attached hydrogen (secondary N) is 2. The summed E-state index contributed by atoms with van der Waals surface area (Å²) >= 11 is 1.57. The third-order valence-electron chi connectivity index (χ3n) is 3.79. The summed E-state index contributed by atoms with van der Waals surface area (Å²) in [5.41, 5.74) is -1.10. The summed E-state index contributed by atoms with van der Waals surface area (Å²) in [5.74, 6) is -0.934. The van der Waals surface area contributed by atoms with Crippen molar-refractivity contribution in [3.63, 3.8) is 0 Å². The number of thiophene rings is 1. The van der Waals surface area contributed by atoms with E-state index in [2.05, 4.69) is 10.6 Å². The zero-order valence-corrected chi connectivity index (χ0v) is 12.3. The lowest BCUT2D eigenvalue weighted by atomic mass is 9.82. The summed E-state index contributed by atoms with van der Waals surface area (Å²) in [4.78, 5) is 24.6. The van der Waals surface area contributed by atoms with E-state index < -0.39 is 17.5 Å². The Morgan fingerprint density at radius 3 is 2.60 bits per heavy atom. The van der Waals surface area contributed by atoms with Crippen molar-refractivity contribution in [2.75, 3.05) is 0 Å². The molecule has 5 nitrogen and oxygen atoms in total. The van der Waals surface area contributed by atoms with E-state index in [1.807, 2.05) is 24.4 Å². The average Bonchev–Trinajstić information content (AvgIpc) is 2.93. The van der Waals surface area contributed by atoms with Crippen LogP contribution in [-0.4, -0.2) is 22.6 Å². The fourth-order valence-electron chi connectivity index (χ4n) is 2.61. The number of hydrogen-bond donors (Lipinski definition) is 3. The van der Waals surface area contributed by atoms with E-state index in [-0.39, 0.29) is 6.04 Å². The minimum Gasteiger partial charge on any atom is -0.480 e. The van der Waals surface area contributed by atoms with Gasteiger partial charge in [-0.1, -0.05) is 25.3 Å². The molecule has 0 aromatic carbocycles. The molecule has 110 valence electrons. The number of carbonyl (C=O) groups excluding carboxylic acids is 1. The van der Waals surface area contributed by atoms with Gasteiger partial charge in [-0.25, -0.2) is 9.59 Å². The zero-order chi connectivity index (χ0) is 14.6. The zero-order valence-electron chi connectivity index (χ0n) is 11.5. The lowest BCUT2D eigenvalue weighted by Crippen LogP contribution is -2.58. The Kier molecular flexibility index (Phi) is 4.65. The normalized spacial score (nSPS) is 19.1. The van der Waals surface area contributed by atoms with Gasteiger partial charge in [0.15, 0.2) is 0 Å². The molecule has 2 rings (SSSR count). The van der Waals surface area contributed by atoms with Crippen molar-refractivity contribution in [3.8, 4) is 0 Å². The number of rotatable bonds is 4. The summed E-state index contributed by atoms with van der Waals surface area (Å²) < 4.78 is 0. The predicted molar refractivity (Wildman–Crippen MR) is 77.9 cm³/mol. The number of hydrogen-bond acceptors (Lipinski definition) is 3. The maximum absolute atomic E-state index is 12.0. The minimum atomic E-state index is -1.10. The maximum Gasteiger partial charge on any atom is 0.329 e. The Labute approximate surface area is 122 Å². The Balaban J connectivity index is 1.97. The van der Waals surface area contributed by atoms with Gasteiger partial charge in [0.25, 0.3) is 0 Å². The van der Waals surface area contributed by atoms with Crippen molar-refractivity contribution < 1.29 is 14.7 Å². The van der Waals surface area contributed by atoms with E-state index in [9.17, 15) is 14.7 Å². The summed E-state index contributed by atoms with van der Waals surface area (Å²) in [6.45, 7) is 1.89. The molecule has 1 aliphatic carbocycles. The molecule has 1 atom stereocenters. The van der Waals surface area contributed by atoms with Gasteiger partial charge in [0.2, 0.25) is 0 Å². The third-order valence-corrected chi connectivity index (χ3v) is 4.84. The molecular weight excluding hydrogens is 276 g/mol. The molecule has 0 spiro atoms. The highest BCUT2D eigenvalue weighted by atomic mass is 32.1. The van der Waals surface area contributed by atoms with E-state index in [1.165, 1.54) is 0 Å². The Hall–Kier alpha value is -1.56. The molecule has 0 radical (unpaired) electrons. The molecule has 2 amide bonds. The van der Waals surface area contributed by atoms with Crippen LogP contribution in [0.2, 0.25) is 0 Å². The van der Waals surface area contributed by atoms with Crippen LogP contribution in [0.1, 0.15) is 49.9 Å². The number of urea groups is 1. The second kappa shape index (κ2) is 6.26. The van der Waals surface area contributed by atoms with Crippen LogP contribution in [0.15, 0.2) is 17.5 Å². The molecule has 1 aliphatic rings. The highest BCUT2D eigenvalue weighted by Crippen LogP contribution is 2.28. The predicted octanol–water partition coefficient (Wildman–Crippen LogP) is 2.90. The highest BCUT2D eigenvalue weighted by Gasteiger charge is 2.41. The number of carboxylic acid groups (broad SMARTS) is 1. The molecule has 20 heavy (non-hydrogen) atoms. The molecule has 1 heterocycles. The van der Waals surface area contributed by atoms with Gasteiger partial charge < -0.3 is 15.7 Å². The van der Waals surface area contributed by atoms with Crippen LogP contribution in [0.25, 0.3) is 0 Å². The first kappa shape index (κ1) is 14.8. The Bertz CT molecular complexity index is 467. The number of aliphatic carboxylic acids is 1. The molecule has 1 aromatic heterocycles. The van der Waals surface area contributed by atoms with Crippen molar-refractivity contribution >= 4 is 23.3 Å². The van der Waals surface area contributed by atoms with E-state index in [0.717, 1.165) is 24.1 Å². The first-order valence-electron chi connectivity index (χ1n) is 6.89. The molecule has 0 saturated heterocycles. The first-order chi connectivity index (χ1) is 9.53. The van der Waals surface area contributed by atoms with Crippen LogP contribution in [0.4, 0.5) is 4.79 Å². The standard InChI is InChI=1S/C14H20N2O3S/c1-10(11-6-5-9-20-11)15-13(19)16-14(12(17)18)7-3-2-4-8-14/h5-6,9-10H,2-4,7-8H2,1H3,(H,17,18)(H2,15,16,19). The van der Waals surface area contributed by atoms with Gasteiger partial charge in [-0.2, -0.15) is 0 Å². The van der Waals surface area contributed by atoms with E-state index >= 15 is 0 Å². The van der Waals surface area contributed by atoms with Crippen LogP contribution in [-0.2, 0) is 4.79 Å². The van der Waals surface area contributed by atoms with Gasteiger partial charge in [-0.3, -0.25) is 0 Å². The third kappa shape index (κ3) is 3.30. The molecule has 3 N–H and O–H groups in total. The van der Waals surface area contributed by atoms with Crippen LogP contribution in [0.5, 0.6) is 0 Å².